The van der Waals surface area contributed by atoms with Gasteiger partial charge in [0.2, 0.25) is 11.8 Å². The molecule has 2 atom stereocenters. The minimum Gasteiger partial charge on any atom is -0.508 e. The molecule has 3 aliphatic heterocycles. The summed E-state index contributed by atoms with van der Waals surface area (Å²) in [6.45, 7) is 10.4. The quantitative estimate of drug-likeness (QED) is 0.677. The molecule has 158 valence electrons. The number of ether oxygens (including phenoxy) is 1. The van der Waals surface area contributed by atoms with Crippen molar-refractivity contribution in [2.24, 2.45) is 5.73 Å². The molecule has 31 heavy (non-hydrogen) atoms. The smallest absolute Gasteiger partial charge is 0.248 e. The highest BCUT2D eigenvalue weighted by molar-refractivity contribution is 6.16. The number of phenolic OH excluding ortho intramolecular Hbond substituents is 1. The predicted octanol–water partition coefficient (Wildman–Crippen LogP) is 4.01. The number of nitrogens with zero attached hydrogens (tertiary/aromatic N) is 2. The fraction of sp³-hybridized carbons (Fsp3) is 0.360. The van der Waals surface area contributed by atoms with Crippen LogP contribution in [0.15, 0.2) is 35.7 Å². The molecule has 0 saturated carbocycles. The Kier molecular flexibility index (Phi) is 3.66. The Hall–Kier alpha value is -3.46. The maximum atomic E-state index is 14.5. The molecule has 3 heterocycles. The van der Waals surface area contributed by atoms with Gasteiger partial charge in [-0.25, -0.2) is 0 Å². The van der Waals surface area contributed by atoms with Crippen LogP contribution in [0.3, 0.4) is 0 Å². The van der Waals surface area contributed by atoms with E-state index in [9.17, 15) is 15.2 Å². The molecule has 2 aromatic carbocycles. The fourth-order valence-electron chi connectivity index (χ4n) is 5.92. The first-order chi connectivity index (χ1) is 14.6. The van der Waals surface area contributed by atoms with Crippen molar-refractivity contribution < 1.29 is 14.6 Å². The molecule has 5 rings (SSSR count). The van der Waals surface area contributed by atoms with Gasteiger partial charge in [0.05, 0.1) is 5.69 Å². The van der Waals surface area contributed by atoms with Crippen molar-refractivity contribution in [1.29, 1.82) is 5.26 Å². The highest BCUT2D eigenvalue weighted by atomic mass is 16.5. The van der Waals surface area contributed by atoms with Gasteiger partial charge in [0.25, 0.3) is 0 Å². The summed E-state index contributed by atoms with van der Waals surface area (Å²) in [5.74, 6) is 0.265. The summed E-state index contributed by atoms with van der Waals surface area (Å²) < 4.78 is 5.73. The molecule has 3 aliphatic rings. The van der Waals surface area contributed by atoms with Crippen LogP contribution < -0.4 is 15.4 Å². The van der Waals surface area contributed by atoms with Crippen molar-refractivity contribution >= 4 is 11.6 Å². The van der Waals surface area contributed by atoms with Crippen molar-refractivity contribution in [3.8, 4) is 17.6 Å². The second kappa shape index (κ2) is 5.82. The Bertz CT molecular complexity index is 1270. The average Bonchev–Trinajstić information content (AvgIpc) is 2.94. The predicted molar refractivity (Wildman–Crippen MR) is 117 cm³/mol. The Balaban J connectivity index is 2.02. The number of nitrogens with two attached hydrogens (primary N) is 1. The van der Waals surface area contributed by atoms with Crippen LogP contribution >= 0.6 is 0 Å². The van der Waals surface area contributed by atoms with Crippen molar-refractivity contribution in [3.63, 3.8) is 0 Å². The lowest BCUT2D eigenvalue weighted by atomic mass is 9.66. The van der Waals surface area contributed by atoms with Crippen molar-refractivity contribution in [1.82, 2.24) is 0 Å². The number of carbonyl (C=O) groups excluding carboxylic acids is 1. The lowest BCUT2D eigenvalue weighted by Gasteiger charge is -2.44. The Morgan fingerprint density at radius 2 is 2.00 bits per heavy atom. The number of benzene rings is 2. The van der Waals surface area contributed by atoms with Gasteiger partial charge < -0.3 is 20.5 Å². The molecule has 2 aromatic rings. The number of aryl methyl sites for hydroxylation is 1. The zero-order chi connectivity index (χ0) is 22.5. The molecule has 3 N–H and O–H groups in total. The summed E-state index contributed by atoms with van der Waals surface area (Å²) >= 11 is 0. The Morgan fingerprint density at radius 1 is 1.29 bits per heavy atom. The lowest BCUT2D eigenvalue weighted by molar-refractivity contribution is -0.122. The van der Waals surface area contributed by atoms with Crippen LogP contribution in [0.1, 0.15) is 60.9 Å². The van der Waals surface area contributed by atoms with Gasteiger partial charge in [-0.2, -0.15) is 5.26 Å². The van der Waals surface area contributed by atoms with Gasteiger partial charge in [-0.1, -0.05) is 13.0 Å². The van der Waals surface area contributed by atoms with Crippen LogP contribution in [0.2, 0.25) is 0 Å². The lowest BCUT2D eigenvalue weighted by Crippen LogP contribution is -2.54. The van der Waals surface area contributed by atoms with E-state index < -0.39 is 11.0 Å². The van der Waals surface area contributed by atoms with Crippen LogP contribution in [0.5, 0.6) is 11.5 Å². The molecule has 0 saturated heterocycles. The topological polar surface area (TPSA) is 99.6 Å². The van der Waals surface area contributed by atoms with E-state index in [1.807, 2.05) is 18.7 Å². The van der Waals surface area contributed by atoms with Gasteiger partial charge in [-0.3, -0.25) is 4.79 Å². The maximum absolute atomic E-state index is 14.5. The molecular formula is C25H25N3O3. The van der Waals surface area contributed by atoms with Crippen LogP contribution in [-0.4, -0.2) is 16.6 Å². The van der Waals surface area contributed by atoms with Crippen LogP contribution in [-0.2, 0) is 10.2 Å². The zero-order valence-corrected chi connectivity index (χ0v) is 18.3. The van der Waals surface area contributed by atoms with E-state index in [1.165, 1.54) is 12.1 Å². The fourth-order valence-corrected chi connectivity index (χ4v) is 5.92. The SMILES string of the molecule is Cc1cc2c3c(c1C)[C@]1(C(=O)N3C(C)(C)C[C@H]2C)C(C#N)=C(N)Oc2cc(O)ccc21. The number of hydrogen-bond donors (Lipinski definition) is 2. The number of rotatable bonds is 0. The third-order valence-electron chi connectivity index (χ3n) is 7.24. The summed E-state index contributed by atoms with van der Waals surface area (Å²) in [6, 6.07) is 9.02. The summed E-state index contributed by atoms with van der Waals surface area (Å²) in [5.41, 5.74) is 9.87. The van der Waals surface area contributed by atoms with Gasteiger partial charge >= 0.3 is 0 Å². The second-order valence-electron chi connectivity index (χ2n) is 9.57. The molecule has 1 spiro atoms. The minimum absolute atomic E-state index is 0.00422. The molecule has 6 nitrogen and oxygen atoms in total. The molecule has 0 bridgehead atoms. The van der Waals surface area contributed by atoms with Crippen molar-refractivity contribution in [2.45, 2.75) is 57.9 Å². The van der Waals surface area contributed by atoms with Gasteiger partial charge in [-0.05, 0) is 68.9 Å². The molecule has 1 amide bonds. The molecule has 0 unspecified atom stereocenters. The number of nitriles is 1. The molecule has 0 fully saturated rings. The average molecular weight is 415 g/mol. The van der Waals surface area contributed by atoms with E-state index >= 15 is 0 Å². The molecule has 0 aliphatic carbocycles. The van der Waals surface area contributed by atoms with E-state index in [1.54, 1.807) is 6.07 Å². The van der Waals surface area contributed by atoms with Crippen molar-refractivity contribution in [2.75, 3.05) is 4.90 Å². The van der Waals surface area contributed by atoms with Crippen LogP contribution in [0.4, 0.5) is 5.69 Å². The van der Waals surface area contributed by atoms with Gasteiger partial charge in [-0.15, -0.1) is 0 Å². The second-order valence-corrected chi connectivity index (χ2v) is 9.57. The number of amides is 1. The number of fused-ring (bicyclic) bond motifs is 3. The van der Waals surface area contributed by atoms with E-state index in [-0.39, 0.29) is 29.0 Å². The monoisotopic (exact) mass is 415 g/mol. The number of hydrogen-bond acceptors (Lipinski definition) is 5. The van der Waals surface area contributed by atoms with Crippen molar-refractivity contribution in [3.05, 3.63) is 63.5 Å². The van der Waals surface area contributed by atoms with Crippen LogP contribution in [0.25, 0.3) is 0 Å². The first-order valence-electron chi connectivity index (χ1n) is 10.5. The van der Waals surface area contributed by atoms with Gasteiger partial charge in [0.1, 0.15) is 28.6 Å². The van der Waals surface area contributed by atoms with Gasteiger partial charge in [0, 0.05) is 22.7 Å². The summed E-state index contributed by atoms with van der Waals surface area (Å²) in [4.78, 5) is 16.3. The minimum atomic E-state index is -1.40. The number of aromatic hydroxyl groups is 1. The third kappa shape index (κ3) is 2.13. The standard InChI is InChI=1S/C25H25N3O3/c1-12-8-16-13(2)10-24(4,5)28-21(16)20(14(12)3)25(23(28)30)17-7-6-15(29)9-19(17)31-22(27)18(25)11-26/h6-9,13,29H,10,27H2,1-5H3/t13-,25-/m1/s1. The zero-order valence-electron chi connectivity index (χ0n) is 18.3. The maximum Gasteiger partial charge on any atom is 0.248 e. The number of anilines is 1. The normalized spacial score (nSPS) is 25.2. The van der Waals surface area contributed by atoms with E-state index in [2.05, 4.69) is 32.9 Å². The van der Waals surface area contributed by atoms with E-state index in [4.69, 9.17) is 10.5 Å². The Labute approximate surface area is 181 Å². The largest absolute Gasteiger partial charge is 0.508 e. The van der Waals surface area contributed by atoms with E-state index in [0.717, 1.165) is 34.4 Å². The summed E-state index contributed by atoms with van der Waals surface area (Å²) in [6.07, 6.45) is 0.809. The highest BCUT2D eigenvalue weighted by Crippen LogP contribution is 2.62. The molecule has 0 aromatic heterocycles. The van der Waals surface area contributed by atoms with E-state index in [0.29, 0.717) is 11.3 Å². The highest BCUT2D eigenvalue weighted by Gasteiger charge is 2.63. The first-order valence-corrected chi connectivity index (χ1v) is 10.5. The first kappa shape index (κ1) is 19.5. The Morgan fingerprint density at radius 3 is 2.68 bits per heavy atom. The number of carbonyl (C=O) groups is 1. The van der Waals surface area contributed by atoms with Crippen LogP contribution in [0, 0.1) is 25.2 Å². The molecular weight excluding hydrogens is 390 g/mol. The summed E-state index contributed by atoms with van der Waals surface area (Å²) in [5, 5.41) is 20.3. The molecule has 6 heteroatoms. The number of phenols is 1. The third-order valence-corrected chi connectivity index (χ3v) is 7.24. The molecule has 0 radical (unpaired) electrons. The van der Waals surface area contributed by atoms with Gasteiger partial charge in [0.15, 0.2) is 0 Å². The summed E-state index contributed by atoms with van der Waals surface area (Å²) in [7, 11) is 0.